The number of aromatic nitrogens is 4. The molecule has 1 N–H and O–H groups in total. The van der Waals surface area contributed by atoms with E-state index in [9.17, 15) is 9.59 Å². The van der Waals surface area contributed by atoms with Crippen LogP contribution in [-0.4, -0.2) is 50.0 Å². The van der Waals surface area contributed by atoms with E-state index in [4.69, 9.17) is 0 Å². The SMILES string of the molecule is Cc1cc(NC(=O)C2CCCN(C(=O)C(C)C)C2)ccc1-n1cnnn1. The predicted molar refractivity (Wildman–Crippen MR) is 96.7 cm³/mol. The second-order valence-corrected chi connectivity index (χ2v) is 7.02. The van der Waals surface area contributed by atoms with Crippen molar-refractivity contribution in [3.63, 3.8) is 0 Å². The van der Waals surface area contributed by atoms with Gasteiger partial charge in [0.1, 0.15) is 6.33 Å². The summed E-state index contributed by atoms with van der Waals surface area (Å²) in [6.07, 6.45) is 3.19. The molecule has 1 aliphatic rings. The minimum absolute atomic E-state index is 0.0409. The molecule has 26 heavy (non-hydrogen) atoms. The molecule has 2 aromatic rings. The van der Waals surface area contributed by atoms with E-state index in [-0.39, 0.29) is 23.7 Å². The van der Waals surface area contributed by atoms with E-state index < -0.39 is 0 Å². The van der Waals surface area contributed by atoms with Gasteiger partial charge in [-0.1, -0.05) is 13.8 Å². The van der Waals surface area contributed by atoms with Gasteiger partial charge in [0, 0.05) is 24.7 Å². The first-order valence-corrected chi connectivity index (χ1v) is 8.89. The summed E-state index contributed by atoms with van der Waals surface area (Å²) in [7, 11) is 0. The highest BCUT2D eigenvalue weighted by molar-refractivity contribution is 5.93. The minimum Gasteiger partial charge on any atom is -0.342 e. The number of nitrogens with zero attached hydrogens (tertiary/aromatic N) is 5. The maximum atomic E-state index is 12.6. The number of carbonyl (C=O) groups excluding carboxylic acids is 2. The van der Waals surface area contributed by atoms with Crippen LogP contribution in [0.2, 0.25) is 0 Å². The maximum absolute atomic E-state index is 12.6. The van der Waals surface area contributed by atoms with Gasteiger partial charge in [0.15, 0.2) is 0 Å². The summed E-state index contributed by atoms with van der Waals surface area (Å²) in [5.41, 5.74) is 2.55. The van der Waals surface area contributed by atoms with Gasteiger partial charge in [-0.05, 0) is 54.0 Å². The van der Waals surface area contributed by atoms with Crippen LogP contribution < -0.4 is 5.32 Å². The summed E-state index contributed by atoms with van der Waals surface area (Å²) < 4.78 is 1.58. The molecule has 1 atom stereocenters. The fraction of sp³-hybridized carbons (Fsp3) is 0.500. The largest absolute Gasteiger partial charge is 0.342 e. The van der Waals surface area contributed by atoms with Gasteiger partial charge in [-0.3, -0.25) is 9.59 Å². The number of nitrogens with one attached hydrogen (secondary N) is 1. The van der Waals surface area contributed by atoms with E-state index in [1.807, 2.05) is 43.9 Å². The molecule has 0 saturated carbocycles. The Morgan fingerprint density at radius 3 is 2.77 bits per heavy atom. The Balaban J connectivity index is 1.66. The zero-order valence-corrected chi connectivity index (χ0v) is 15.3. The van der Waals surface area contributed by atoms with Crippen molar-refractivity contribution in [2.75, 3.05) is 18.4 Å². The zero-order chi connectivity index (χ0) is 18.7. The number of piperidine rings is 1. The average molecular weight is 356 g/mol. The molecule has 1 saturated heterocycles. The van der Waals surface area contributed by atoms with Crippen molar-refractivity contribution in [2.24, 2.45) is 11.8 Å². The highest BCUT2D eigenvalue weighted by Crippen LogP contribution is 2.22. The number of carbonyl (C=O) groups is 2. The van der Waals surface area contributed by atoms with Crippen molar-refractivity contribution in [3.8, 4) is 5.69 Å². The zero-order valence-electron chi connectivity index (χ0n) is 15.3. The van der Waals surface area contributed by atoms with Gasteiger partial charge in [-0.15, -0.1) is 5.10 Å². The van der Waals surface area contributed by atoms with Crippen LogP contribution in [0.25, 0.3) is 5.69 Å². The van der Waals surface area contributed by atoms with Crippen LogP contribution in [-0.2, 0) is 9.59 Å². The van der Waals surface area contributed by atoms with Gasteiger partial charge in [0.25, 0.3) is 0 Å². The summed E-state index contributed by atoms with van der Waals surface area (Å²) in [6, 6.07) is 5.60. The standard InChI is InChI=1S/C18H24N6O2/c1-12(2)18(26)23-8-4-5-14(10-23)17(25)20-15-6-7-16(13(3)9-15)24-11-19-21-22-24/h6-7,9,11-12,14H,4-5,8,10H2,1-3H3,(H,20,25). The van der Waals surface area contributed by atoms with Crippen molar-refractivity contribution < 1.29 is 9.59 Å². The Kier molecular flexibility index (Phi) is 5.29. The molecule has 3 rings (SSSR count). The first kappa shape index (κ1) is 18.0. The maximum Gasteiger partial charge on any atom is 0.229 e. The Morgan fingerprint density at radius 2 is 2.12 bits per heavy atom. The van der Waals surface area contributed by atoms with E-state index in [0.29, 0.717) is 6.54 Å². The molecule has 0 bridgehead atoms. The van der Waals surface area contributed by atoms with Crippen LogP contribution >= 0.6 is 0 Å². The second kappa shape index (κ2) is 7.63. The number of tetrazole rings is 1. The number of rotatable bonds is 4. The van der Waals surface area contributed by atoms with Gasteiger partial charge < -0.3 is 10.2 Å². The van der Waals surface area contributed by atoms with Crippen LogP contribution in [0.5, 0.6) is 0 Å². The van der Waals surface area contributed by atoms with Crippen molar-refractivity contribution in [1.29, 1.82) is 0 Å². The minimum atomic E-state index is -0.175. The summed E-state index contributed by atoms with van der Waals surface area (Å²) in [5.74, 6) is -0.144. The lowest BCUT2D eigenvalue weighted by Crippen LogP contribution is -2.45. The van der Waals surface area contributed by atoms with Crippen LogP contribution in [0, 0.1) is 18.8 Å². The Bertz CT molecular complexity index is 787. The molecule has 138 valence electrons. The first-order valence-electron chi connectivity index (χ1n) is 8.89. The molecule has 1 aromatic heterocycles. The number of benzene rings is 1. The van der Waals surface area contributed by atoms with E-state index >= 15 is 0 Å². The summed E-state index contributed by atoms with van der Waals surface area (Å²) in [6.45, 7) is 6.95. The Morgan fingerprint density at radius 1 is 1.31 bits per heavy atom. The van der Waals surface area contributed by atoms with Crippen molar-refractivity contribution in [3.05, 3.63) is 30.1 Å². The normalized spacial score (nSPS) is 17.4. The second-order valence-electron chi connectivity index (χ2n) is 7.02. The van der Waals surface area contributed by atoms with Crippen molar-refractivity contribution >= 4 is 17.5 Å². The Hall–Kier alpha value is -2.77. The number of hydrogen-bond acceptors (Lipinski definition) is 5. The van der Waals surface area contributed by atoms with Crippen molar-refractivity contribution in [2.45, 2.75) is 33.6 Å². The molecule has 1 aliphatic heterocycles. The third-order valence-corrected chi connectivity index (χ3v) is 4.66. The lowest BCUT2D eigenvalue weighted by atomic mass is 9.96. The number of hydrogen-bond donors (Lipinski definition) is 1. The van der Waals surface area contributed by atoms with Crippen LogP contribution in [0.1, 0.15) is 32.3 Å². The number of likely N-dealkylation sites (tertiary alicyclic amines) is 1. The van der Waals surface area contributed by atoms with Gasteiger partial charge in [0.2, 0.25) is 11.8 Å². The van der Waals surface area contributed by atoms with Gasteiger partial charge in [0.05, 0.1) is 11.6 Å². The quantitative estimate of drug-likeness (QED) is 0.902. The fourth-order valence-corrected chi connectivity index (χ4v) is 3.26. The molecule has 2 heterocycles. The van der Waals surface area contributed by atoms with E-state index in [1.165, 1.54) is 6.33 Å². The number of aryl methyl sites for hydroxylation is 1. The predicted octanol–water partition coefficient (Wildman–Crippen LogP) is 1.80. The third-order valence-electron chi connectivity index (χ3n) is 4.66. The van der Waals surface area contributed by atoms with E-state index in [2.05, 4.69) is 20.8 Å². The molecule has 8 nitrogen and oxygen atoms in total. The number of amides is 2. The highest BCUT2D eigenvalue weighted by Gasteiger charge is 2.29. The van der Waals surface area contributed by atoms with Crippen LogP contribution in [0.4, 0.5) is 5.69 Å². The third kappa shape index (κ3) is 3.89. The monoisotopic (exact) mass is 356 g/mol. The average Bonchev–Trinajstić information content (AvgIpc) is 3.15. The molecule has 1 aromatic carbocycles. The first-order chi connectivity index (χ1) is 12.5. The molecular weight excluding hydrogens is 332 g/mol. The smallest absolute Gasteiger partial charge is 0.229 e. The van der Waals surface area contributed by atoms with Crippen LogP contribution in [0.3, 0.4) is 0 Å². The molecule has 0 aliphatic carbocycles. The van der Waals surface area contributed by atoms with Gasteiger partial charge in [-0.2, -0.15) is 0 Å². The summed E-state index contributed by atoms with van der Waals surface area (Å²) >= 11 is 0. The van der Waals surface area contributed by atoms with Gasteiger partial charge >= 0.3 is 0 Å². The lowest BCUT2D eigenvalue weighted by molar-refractivity contribution is -0.137. The lowest BCUT2D eigenvalue weighted by Gasteiger charge is -2.33. The van der Waals surface area contributed by atoms with E-state index in [1.54, 1.807) is 4.68 Å². The molecule has 1 fully saturated rings. The summed E-state index contributed by atoms with van der Waals surface area (Å²) in [4.78, 5) is 26.6. The molecule has 0 spiro atoms. The topological polar surface area (TPSA) is 93.0 Å². The van der Waals surface area contributed by atoms with Gasteiger partial charge in [-0.25, -0.2) is 4.68 Å². The number of anilines is 1. The molecule has 0 radical (unpaired) electrons. The van der Waals surface area contributed by atoms with E-state index in [0.717, 1.165) is 36.3 Å². The van der Waals surface area contributed by atoms with Crippen molar-refractivity contribution in [1.82, 2.24) is 25.1 Å². The van der Waals surface area contributed by atoms with Crippen LogP contribution in [0.15, 0.2) is 24.5 Å². The highest BCUT2D eigenvalue weighted by atomic mass is 16.2. The Labute approximate surface area is 152 Å². The molecule has 1 unspecified atom stereocenters. The molecule has 2 amide bonds. The fourth-order valence-electron chi connectivity index (χ4n) is 3.26. The summed E-state index contributed by atoms with van der Waals surface area (Å²) in [5, 5.41) is 14.1. The molecular formula is C18H24N6O2. The molecule has 8 heteroatoms.